The molecule has 2 aromatic heterocycles. The molecular weight excluding hydrogens is 232 g/mol. The number of methoxy groups -OCH3 is 1. The number of pyridine rings is 1. The quantitative estimate of drug-likeness (QED) is 0.498. The number of aromatic nitrogens is 4. The summed E-state index contributed by atoms with van der Waals surface area (Å²) >= 11 is 0. The Morgan fingerprint density at radius 3 is 2.94 bits per heavy atom. The standard InChI is InChI=1S/C12H10N4O2/c1-18-9-6-7-13-12(8-9)15-10-4-2-3-5-11(10)16(17)14-15/h2-8H,1H3. The minimum atomic E-state index is 0.502. The lowest BCUT2D eigenvalue weighted by molar-refractivity contribution is -0.645. The first kappa shape index (κ1) is 10.5. The first-order valence-electron chi connectivity index (χ1n) is 5.37. The van der Waals surface area contributed by atoms with Crippen molar-refractivity contribution >= 4 is 11.0 Å². The van der Waals surface area contributed by atoms with Gasteiger partial charge < -0.3 is 9.94 Å². The molecule has 0 radical (unpaired) electrons. The molecule has 2 heterocycles. The molecule has 18 heavy (non-hydrogen) atoms. The van der Waals surface area contributed by atoms with Gasteiger partial charge in [-0.25, -0.2) is 4.98 Å². The summed E-state index contributed by atoms with van der Waals surface area (Å²) in [6, 6.07) is 10.6. The van der Waals surface area contributed by atoms with Gasteiger partial charge in [-0.05, 0) is 18.2 Å². The monoisotopic (exact) mass is 242 g/mol. The maximum absolute atomic E-state index is 11.7. The molecule has 3 rings (SSSR count). The topological polar surface area (TPSA) is 66.9 Å². The molecular formula is C12H10N4O2. The highest BCUT2D eigenvalue weighted by Crippen LogP contribution is 2.16. The van der Waals surface area contributed by atoms with Gasteiger partial charge >= 0.3 is 0 Å². The number of hydrogen-bond acceptors (Lipinski definition) is 4. The van der Waals surface area contributed by atoms with Crippen molar-refractivity contribution in [3.63, 3.8) is 0 Å². The van der Waals surface area contributed by atoms with Crippen LogP contribution in [0.4, 0.5) is 0 Å². The Labute approximate surface area is 103 Å². The van der Waals surface area contributed by atoms with E-state index in [0.717, 1.165) is 0 Å². The van der Waals surface area contributed by atoms with E-state index in [1.165, 1.54) is 4.68 Å². The molecule has 0 atom stereocenters. The lowest BCUT2D eigenvalue weighted by Gasteiger charge is -1.98. The number of para-hydroxylation sites is 2. The summed E-state index contributed by atoms with van der Waals surface area (Å²) in [5, 5.41) is 15.5. The summed E-state index contributed by atoms with van der Waals surface area (Å²) in [5.74, 6) is 1.21. The molecule has 0 aliphatic rings. The minimum absolute atomic E-state index is 0.502. The van der Waals surface area contributed by atoms with Crippen LogP contribution in [0.2, 0.25) is 0 Å². The fraction of sp³-hybridized carbons (Fsp3) is 0.0833. The number of fused-ring (bicyclic) bond motifs is 1. The fourth-order valence-corrected chi connectivity index (χ4v) is 1.79. The van der Waals surface area contributed by atoms with Crippen molar-refractivity contribution in [3.05, 3.63) is 47.8 Å². The van der Waals surface area contributed by atoms with Crippen molar-refractivity contribution in [2.45, 2.75) is 0 Å². The highest BCUT2D eigenvalue weighted by molar-refractivity contribution is 5.72. The largest absolute Gasteiger partial charge is 0.691 e. The van der Waals surface area contributed by atoms with E-state index in [1.807, 2.05) is 12.1 Å². The van der Waals surface area contributed by atoms with Gasteiger partial charge in [0.05, 0.1) is 7.11 Å². The van der Waals surface area contributed by atoms with E-state index < -0.39 is 0 Å². The first-order valence-corrected chi connectivity index (χ1v) is 5.37. The van der Waals surface area contributed by atoms with Crippen molar-refractivity contribution in [2.24, 2.45) is 0 Å². The van der Waals surface area contributed by atoms with Crippen molar-refractivity contribution < 1.29 is 9.58 Å². The summed E-state index contributed by atoms with van der Waals surface area (Å²) in [5.41, 5.74) is 1.20. The number of ether oxygens (including phenoxy) is 1. The van der Waals surface area contributed by atoms with Gasteiger partial charge in [-0.2, -0.15) is 0 Å². The molecule has 6 nitrogen and oxygen atoms in total. The average molecular weight is 242 g/mol. The van der Waals surface area contributed by atoms with Crippen LogP contribution in [0.5, 0.6) is 5.75 Å². The fourth-order valence-electron chi connectivity index (χ4n) is 1.79. The molecule has 0 N–H and O–H groups in total. The predicted octanol–water partition coefficient (Wildman–Crippen LogP) is 1.06. The molecule has 90 valence electrons. The van der Waals surface area contributed by atoms with E-state index >= 15 is 0 Å². The summed E-state index contributed by atoms with van der Waals surface area (Å²) in [7, 11) is 1.58. The van der Waals surface area contributed by atoms with Crippen molar-refractivity contribution in [1.82, 2.24) is 14.9 Å². The highest BCUT2D eigenvalue weighted by Gasteiger charge is 2.16. The number of hydrogen-bond donors (Lipinski definition) is 0. The molecule has 0 fully saturated rings. The van der Waals surface area contributed by atoms with E-state index in [0.29, 0.717) is 27.4 Å². The van der Waals surface area contributed by atoms with E-state index in [4.69, 9.17) is 4.74 Å². The van der Waals surface area contributed by atoms with Crippen molar-refractivity contribution in [2.75, 3.05) is 7.11 Å². The third kappa shape index (κ3) is 1.55. The third-order valence-electron chi connectivity index (χ3n) is 2.66. The van der Waals surface area contributed by atoms with Gasteiger partial charge in [0, 0.05) is 12.3 Å². The lowest BCUT2D eigenvalue weighted by Crippen LogP contribution is -2.29. The van der Waals surface area contributed by atoms with E-state index in [2.05, 4.69) is 10.2 Å². The van der Waals surface area contributed by atoms with Crippen LogP contribution in [0.3, 0.4) is 0 Å². The predicted molar refractivity (Wildman–Crippen MR) is 64.4 cm³/mol. The summed E-state index contributed by atoms with van der Waals surface area (Å²) in [4.78, 5) is 4.77. The van der Waals surface area contributed by atoms with Crippen LogP contribution < -0.4 is 9.58 Å². The molecule has 6 heteroatoms. The van der Waals surface area contributed by atoms with Crippen LogP contribution in [0.25, 0.3) is 16.9 Å². The van der Waals surface area contributed by atoms with Crippen molar-refractivity contribution in [3.8, 4) is 11.6 Å². The van der Waals surface area contributed by atoms with E-state index in [-0.39, 0.29) is 0 Å². The van der Waals surface area contributed by atoms with E-state index in [9.17, 15) is 5.21 Å². The molecule has 0 saturated heterocycles. The zero-order chi connectivity index (χ0) is 12.5. The van der Waals surface area contributed by atoms with Gasteiger partial charge in [0.1, 0.15) is 11.0 Å². The maximum Gasteiger partial charge on any atom is 0.252 e. The molecule has 0 amide bonds. The average Bonchev–Trinajstić information content (AvgIpc) is 2.77. The molecule has 1 aromatic carbocycles. The number of benzene rings is 1. The van der Waals surface area contributed by atoms with Crippen molar-refractivity contribution in [1.29, 1.82) is 0 Å². The Hall–Kier alpha value is -2.63. The van der Waals surface area contributed by atoms with Gasteiger partial charge in [0.15, 0.2) is 0 Å². The summed E-state index contributed by atoms with van der Waals surface area (Å²) in [6.07, 6.45) is 1.61. The van der Waals surface area contributed by atoms with Crippen LogP contribution in [0.15, 0.2) is 42.6 Å². The summed E-state index contributed by atoms with van der Waals surface area (Å²) in [6.45, 7) is 0. The van der Waals surface area contributed by atoms with Crippen LogP contribution in [0, 0.1) is 5.21 Å². The van der Waals surface area contributed by atoms with Gasteiger partial charge in [-0.3, -0.25) is 0 Å². The first-order chi connectivity index (χ1) is 8.79. The molecule has 3 aromatic rings. The minimum Gasteiger partial charge on any atom is -0.691 e. The highest BCUT2D eigenvalue weighted by atomic mass is 16.5. The Balaban J connectivity index is 2.25. The second kappa shape index (κ2) is 3.99. The van der Waals surface area contributed by atoms with Crippen LogP contribution in [0.1, 0.15) is 0 Å². The smallest absolute Gasteiger partial charge is 0.252 e. The zero-order valence-corrected chi connectivity index (χ0v) is 9.65. The second-order valence-corrected chi connectivity index (χ2v) is 3.72. The summed E-state index contributed by atoms with van der Waals surface area (Å²) < 4.78 is 6.62. The Kier molecular flexibility index (Phi) is 2.33. The molecule has 0 spiro atoms. The van der Waals surface area contributed by atoms with Gasteiger partial charge in [-0.1, -0.05) is 16.8 Å². The third-order valence-corrected chi connectivity index (χ3v) is 2.66. The molecule has 0 bridgehead atoms. The molecule has 0 aliphatic heterocycles. The maximum atomic E-state index is 11.7. The molecule has 0 unspecified atom stereocenters. The number of nitrogens with zero attached hydrogens (tertiary/aromatic N) is 4. The van der Waals surface area contributed by atoms with E-state index in [1.54, 1.807) is 37.6 Å². The molecule has 0 saturated carbocycles. The van der Waals surface area contributed by atoms with Crippen LogP contribution >= 0.6 is 0 Å². The number of rotatable bonds is 2. The van der Waals surface area contributed by atoms with Crippen LogP contribution in [-0.4, -0.2) is 22.0 Å². The normalized spacial score (nSPS) is 10.7. The SMILES string of the molecule is COc1ccnc(-n2n[n+]([O-])c3ccccc32)c1. The van der Waals surface area contributed by atoms with Gasteiger partial charge in [0.25, 0.3) is 5.82 Å². The van der Waals surface area contributed by atoms with Gasteiger partial charge in [0.2, 0.25) is 11.0 Å². The lowest BCUT2D eigenvalue weighted by atomic mass is 10.3. The zero-order valence-electron chi connectivity index (χ0n) is 9.65. The molecule has 0 aliphatic carbocycles. The van der Waals surface area contributed by atoms with Gasteiger partial charge in [-0.15, -0.1) is 4.85 Å². The Bertz CT molecular complexity index is 708. The van der Waals surface area contributed by atoms with Crippen LogP contribution in [-0.2, 0) is 0 Å². The Morgan fingerprint density at radius 1 is 1.28 bits per heavy atom. The Morgan fingerprint density at radius 2 is 2.11 bits per heavy atom. The second-order valence-electron chi connectivity index (χ2n) is 3.72.